The van der Waals surface area contributed by atoms with Gasteiger partial charge in [0.1, 0.15) is 5.82 Å². The lowest BCUT2D eigenvalue weighted by Crippen LogP contribution is -2.12. The van der Waals surface area contributed by atoms with Crippen LogP contribution < -0.4 is 5.32 Å². The van der Waals surface area contributed by atoms with E-state index in [1.54, 1.807) is 0 Å². The highest BCUT2D eigenvalue weighted by atomic mass is 15.0. The Bertz CT molecular complexity index is 192. The maximum absolute atomic E-state index is 3.95. The van der Waals surface area contributed by atoms with E-state index in [-0.39, 0.29) is 0 Å². The summed E-state index contributed by atoms with van der Waals surface area (Å²) < 4.78 is 0. The van der Waals surface area contributed by atoms with Crippen molar-refractivity contribution in [3.63, 3.8) is 0 Å². The lowest BCUT2D eigenvalue weighted by molar-refractivity contribution is 0.763. The fraction of sp³-hybridized carbons (Fsp3) is 0.545. The highest BCUT2D eigenvalue weighted by Crippen LogP contribution is 2.12. The monoisotopic (exact) mass is 180 g/mol. The molecule has 0 unspecified atom stereocenters. The molecule has 0 fully saturated rings. The number of hydrogen-bond acceptors (Lipinski definition) is 2. The van der Waals surface area contributed by atoms with Gasteiger partial charge >= 0.3 is 0 Å². The lowest BCUT2D eigenvalue weighted by atomic mass is 10.1. The van der Waals surface area contributed by atoms with Crippen LogP contribution in [0.25, 0.3) is 0 Å². The van der Waals surface area contributed by atoms with Crippen molar-refractivity contribution in [1.29, 1.82) is 0 Å². The zero-order valence-electron chi connectivity index (χ0n) is 8.77. The average Bonchev–Trinajstić information content (AvgIpc) is 2.17. The fourth-order valence-corrected chi connectivity index (χ4v) is 1.12. The molecule has 2 heteroatoms. The first-order valence-electron chi connectivity index (χ1n) is 4.86. The molecule has 0 spiro atoms. The van der Waals surface area contributed by atoms with Gasteiger partial charge in [0, 0.05) is 6.54 Å². The van der Waals surface area contributed by atoms with Crippen LogP contribution in [0.4, 0.5) is 0 Å². The van der Waals surface area contributed by atoms with E-state index in [4.69, 9.17) is 0 Å². The van der Waals surface area contributed by atoms with Gasteiger partial charge < -0.3 is 5.32 Å². The van der Waals surface area contributed by atoms with Crippen LogP contribution in [0, 0.1) is 0 Å². The second kappa shape index (κ2) is 7.59. The predicted octanol–water partition coefficient (Wildman–Crippen LogP) is 2.88. The SMILES string of the molecule is C=C/C(CCCC)=C(\N=C)NCC. The molecule has 13 heavy (non-hydrogen) atoms. The van der Waals surface area contributed by atoms with E-state index < -0.39 is 0 Å². The minimum atomic E-state index is 0.873. The Hall–Kier alpha value is -1.05. The largest absolute Gasteiger partial charge is 0.370 e. The summed E-state index contributed by atoms with van der Waals surface area (Å²) in [5.74, 6) is 0.881. The van der Waals surface area contributed by atoms with Crippen LogP contribution >= 0.6 is 0 Å². The summed E-state index contributed by atoms with van der Waals surface area (Å²) in [5.41, 5.74) is 1.17. The van der Waals surface area contributed by atoms with Crippen molar-refractivity contribution in [2.75, 3.05) is 6.54 Å². The Morgan fingerprint density at radius 1 is 1.46 bits per heavy atom. The van der Waals surface area contributed by atoms with Gasteiger partial charge in [0.05, 0.1) is 0 Å². The zero-order chi connectivity index (χ0) is 10.1. The standard InChI is InChI=1S/C11H20N2/c1-5-8-9-10(6-2)11(12-4)13-7-3/h6,13H,2,4-5,7-9H2,1,3H3/b11-10-. The fourth-order valence-electron chi connectivity index (χ4n) is 1.12. The molecule has 0 aliphatic carbocycles. The van der Waals surface area contributed by atoms with E-state index in [2.05, 4.69) is 30.5 Å². The first-order valence-corrected chi connectivity index (χ1v) is 4.86. The van der Waals surface area contributed by atoms with Gasteiger partial charge in [0.25, 0.3) is 0 Å². The molecule has 0 saturated carbocycles. The van der Waals surface area contributed by atoms with Crippen LogP contribution in [0.15, 0.2) is 29.0 Å². The summed E-state index contributed by atoms with van der Waals surface area (Å²) in [4.78, 5) is 3.95. The zero-order valence-corrected chi connectivity index (χ0v) is 8.77. The molecule has 0 radical (unpaired) electrons. The summed E-state index contributed by atoms with van der Waals surface area (Å²) in [6, 6.07) is 0. The van der Waals surface area contributed by atoms with E-state index in [0.29, 0.717) is 0 Å². The molecule has 0 bridgehead atoms. The Labute approximate surface area is 81.5 Å². The molecule has 0 aliphatic rings. The molecule has 0 heterocycles. The summed E-state index contributed by atoms with van der Waals surface area (Å²) >= 11 is 0. The molecule has 0 saturated heterocycles. The molecule has 2 nitrogen and oxygen atoms in total. The maximum atomic E-state index is 3.95. The maximum Gasteiger partial charge on any atom is 0.128 e. The summed E-state index contributed by atoms with van der Waals surface area (Å²) in [6.07, 6.45) is 5.25. The Morgan fingerprint density at radius 3 is 2.54 bits per heavy atom. The Kier molecular flexibility index (Phi) is 6.98. The number of unbranched alkanes of at least 4 members (excludes halogenated alkanes) is 1. The third-order valence-electron chi connectivity index (χ3n) is 1.85. The molecule has 0 aromatic carbocycles. The van der Waals surface area contributed by atoms with Crippen LogP contribution in [0.2, 0.25) is 0 Å². The van der Waals surface area contributed by atoms with Gasteiger partial charge in [-0.3, -0.25) is 0 Å². The summed E-state index contributed by atoms with van der Waals surface area (Å²) in [7, 11) is 0. The van der Waals surface area contributed by atoms with Crippen LogP contribution in [-0.2, 0) is 0 Å². The number of hydrogen-bond donors (Lipinski definition) is 1. The van der Waals surface area contributed by atoms with Gasteiger partial charge in [-0.05, 0) is 32.1 Å². The lowest BCUT2D eigenvalue weighted by Gasteiger charge is -2.08. The molecule has 0 rings (SSSR count). The molecule has 1 N–H and O–H groups in total. The number of nitrogens with one attached hydrogen (secondary N) is 1. The molecule has 0 aliphatic heterocycles. The van der Waals surface area contributed by atoms with Crippen molar-refractivity contribution in [2.45, 2.75) is 33.1 Å². The number of nitrogens with zero attached hydrogens (tertiary/aromatic N) is 1. The molecular formula is C11H20N2. The molecule has 0 atom stereocenters. The van der Waals surface area contributed by atoms with Gasteiger partial charge in [-0.1, -0.05) is 26.0 Å². The van der Waals surface area contributed by atoms with Crippen molar-refractivity contribution < 1.29 is 0 Å². The molecule has 0 aromatic heterocycles. The van der Waals surface area contributed by atoms with Crippen molar-refractivity contribution in [1.82, 2.24) is 5.32 Å². The number of rotatable bonds is 7. The van der Waals surface area contributed by atoms with Crippen LogP contribution in [0.1, 0.15) is 33.1 Å². The topological polar surface area (TPSA) is 24.4 Å². The van der Waals surface area contributed by atoms with E-state index in [0.717, 1.165) is 18.8 Å². The third-order valence-corrected chi connectivity index (χ3v) is 1.85. The van der Waals surface area contributed by atoms with Crippen molar-refractivity contribution in [3.05, 3.63) is 24.0 Å². The van der Waals surface area contributed by atoms with Crippen molar-refractivity contribution >= 4 is 6.72 Å². The summed E-state index contributed by atoms with van der Waals surface area (Å²) in [5, 5.41) is 3.17. The minimum absolute atomic E-state index is 0.873. The van der Waals surface area contributed by atoms with E-state index in [1.165, 1.54) is 18.4 Å². The summed E-state index contributed by atoms with van der Waals surface area (Å²) in [6.45, 7) is 12.4. The average molecular weight is 180 g/mol. The van der Waals surface area contributed by atoms with Crippen LogP contribution in [0.5, 0.6) is 0 Å². The number of allylic oxidation sites excluding steroid dienone is 2. The first kappa shape index (κ1) is 11.9. The van der Waals surface area contributed by atoms with E-state index in [9.17, 15) is 0 Å². The van der Waals surface area contributed by atoms with Crippen LogP contribution in [0.3, 0.4) is 0 Å². The quantitative estimate of drug-likeness (QED) is 0.473. The molecule has 0 amide bonds. The van der Waals surface area contributed by atoms with Crippen molar-refractivity contribution in [2.24, 2.45) is 4.99 Å². The highest BCUT2D eigenvalue weighted by molar-refractivity contribution is 5.33. The Morgan fingerprint density at radius 2 is 2.15 bits per heavy atom. The van der Waals surface area contributed by atoms with Crippen molar-refractivity contribution in [3.8, 4) is 0 Å². The first-order chi connectivity index (χ1) is 6.29. The second-order valence-electron chi connectivity index (χ2n) is 2.87. The van der Waals surface area contributed by atoms with Gasteiger partial charge in [-0.15, -0.1) is 0 Å². The van der Waals surface area contributed by atoms with Gasteiger partial charge in [0.2, 0.25) is 0 Å². The van der Waals surface area contributed by atoms with Gasteiger partial charge in [0.15, 0.2) is 0 Å². The number of aliphatic imine (C=N–C) groups is 1. The molecular weight excluding hydrogens is 160 g/mol. The van der Waals surface area contributed by atoms with Crippen LogP contribution in [-0.4, -0.2) is 13.3 Å². The molecule has 74 valence electrons. The van der Waals surface area contributed by atoms with Gasteiger partial charge in [-0.25, -0.2) is 4.99 Å². The predicted molar refractivity (Wildman–Crippen MR) is 60.0 cm³/mol. The molecule has 0 aromatic rings. The van der Waals surface area contributed by atoms with E-state index >= 15 is 0 Å². The highest BCUT2D eigenvalue weighted by Gasteiger charge is 1.99. The minimum Gasteiger partial charge on any atom is -0.370 e. The normalized spacial score (nSPS) is 11.8. The third kappa shape index (κ3) is 4.51. The Balaban J connectivity index is 4.40. The van der Waals surface area contributed by atoms with E-state index in [1.807, 2.05) is 13.0 Å². The van der Waals surface area contributed by atoms with Gasteiger partial charge in [-0.2, -0.15) is 0 Å². The smallest absolute Gasteiger partial charge is 0.128 e. The second-order valence-corrected chi connectivity index (χ2v) is 2.87.